The Morgan fingerprint density at radius 1 is 1.45 bits per heavy atom. The number of nitro benzene ring substituents is 1. The van der Waals surface area contributed by atoms with E-state index in [-0.39, 0.29) is 16.7 Å². The van der Waals surface area contributed by atoms with Crippen molar-refractivity contribution < 1.29 is 10.0 Å². The highest BCUT2D eigenvalue weighted by Gasteiger charge is 2.24. The van der Waals surface area contributed by atoms with E-state index in [0.717, 1.165) is 37.9 Å². The minimum Gasteiger partial charge on any atom is -0.393 e. The number of nitro groups is 1. The van der Waals surface area contributed by atoms with Crippen molar-refractivity contribution in [2.45, 2.75) is 44.8 Å². The molecule has 0 saturated carbocycles. The number of benzene rings is 1. The largest absolute Gasteiger partial charge is 0.393 e. The van der Waals surface area contributed by atoms with Crippen LogP contribution in [-0.2, 0) is 6.42 Å². The summed E-state index contributed by atoms with van der Waals surface area (Å²) in [6, 6.07) is 7.27. The molecule has 1 aliphatic rings. The zero-order chi connectivity index (χ0) is 14.5. The number of hydrogen-bond acceptors (Lipinski definition) is 4. The standard InChI is InChI=1S/C15H22N2O3/c1-12(18)11-15-3-2-9-16(15)10-8-13-4-6-14(7-5-13)17(19)20/h4-7,12,15,18H,2-3,8-11H2,1H3. The lowest BCUT2D eigenvalue weighted by Crippen LogP contribution is -2.33. The van der Waals surface area contributed by atoms with Gasteiger partial charge in [-0.15, -0.1) is 0 Å². The first-order valence-electron chi connectivity index (χ1n) is 7.21. The highest BCUT2D eigenvalue weighted by Crippen LogP contribution is 2.22. The van der Waals surface area contributed by atoms with Crippen LogP contribution < -0.4 is 0 Å². The van der Waals surface area contributed by atoms with Gasteiger partial charge >= 0.3 is 0 Å². The molecule has 1 heterocycles. The van der Waals surface area contributed by atoms with E-state index in [4.69, 9.17) is 0 Å². The Morgan fingerprint density at radius 2 is 2.15 bits per heavy atom. The summed E-state index contributed by atoms with van der Waals surface area (Å²) in [6.07, 6.45) is 3.83. The average Bonchev–Trinajstić information content (AvgIpc) is 2.83. The third kappa shape index (κ3) is 4.02. The van der Waals surface area contributed by atoms with E-state index in [1.807, 2.05) is 19.1 Å². The fourth-order valence-electron chi connectivity index (χ4n) is 2.91. The predicted octanol–water partition coefficient (Wildman–Crippen LogP) is 2.37. The van der Waals surface area contributed by atoms with Gasteiger partial charge in [0.05, 0.1) is 11.0 Å². The summed E-state index contributed by atoms with van der Waals surface area (Å²) >= 11 is 0. The lowest BCUT2D eigenvalue weighted by Gasteiger charge is -2.25. The Morgan fingerprint density at radius 3 is 2.75 bits per heavy atom. The maximum absolute atomic E-state index is 10.6. The molecule has 1 fully saturated rings. The van der Waals surface area contributed by atoms with Crippen molar-refractivity contribution in [1.29, 1.82) is 0 Å². The lowest BCUT2D eigenvalue weighted by molar-refractivity contribution is -0.384. The minimum absolute atomic E-state index is 0.141. The van der Waals surface area contributed by atoms with Gasteiger partial charge in [0.25, 0.3) is 5.69 Å². The Hall–Kier alpha value is -1.46. The van der Waals surface area contributed by atoms with Crippen LogP contribution in [-0.4, -0.2) is 40.2 Å². The number of non-ortho nitro benzene ring substituents is 1. The quantitative estimate of drug-likeness (QED) is 0.641. The molecule has 2 atom stereocenters. The molecular formula is C15H22N2O3. The van der Waals surface area contributed by atoms with E-state index >= 15 is 0 Å². The van der Waals surface area contributed by atoms with Crippen molar-refractivity contribution in [2.75, 3.05) is 13.1 Å². The van der Waals surface area contributed by atoms with Gasteiger partial charge in [0.2, 0.25) is 0 Å². The molecule has 20 heavy (non-hydrogen) atoms. The highest BCUT2D eigenvalue weighted by atomic mass is 16.6. The molecule has 5 nitrogen and oxygen atoms in total. The summed E-state index contributed by atoms with van der Waals surface area (Å²) in [4.78, 5) is 12.7. The Labute approximate surface area is 119 Å². The van der Waals surface area contributed by atoms with Crippen molar-refractivity contribution in [1.82, 2.24) is 4.90 Å². The second-order valence-corrected chi connectivity index (χ2v) is 5.59. The number of likely N-dealkylation sites (tertiary alicyclic amines) is 1. The second kappa shape index (κ2) is 6.81. The van der Waals surface area contributed by atoms with Crippen LogP contribution in [0.1, 0.15) is 31.7 Å². The molecule has 2 rings (SSSR count). The molecule has 2 unspecified atom stereocenters. The molecular weight excluding hydrogens is 256 g/mol. The van der Waals surface area contributed by atoms with Gasteiger partial charge in [-0.2, -0.15) is 0 Å². The van der Waals surface area contributed by atoms with Gasteiger partial charge in [-0.1, -0.05) is 12.1 Å². The molecule has 1 saturated heterocycles. The highest BCUT2D eigenvalue weighted by molar-refractivity contribution is 5.32. The zero-order valence-electron chi connectivity index (χ0n) is 11.9. The topological polar surface area (TPSA) is 66.6 Å². The first kappa shape index (κ1) is 14.9. The second-order valence-electron chi connectivity index (χ2n) is 5.59. The van der Waals surface area contributed by atoms with Crippen LogP contribution in [0, 0.1) is 10.1 Å². The van der Waals surface area contributed by atoms with Gasteiger partial charge in [0, 0.05) is 24.7 Å². The summed E-state index contributed by atoms with van der Waals surface area (Å²) in [7, 11) is 0. The smallest absolute Gasteiger partial charge is 0.269 e. The van der Waals surface area contributed by atoms with Crippen molar-refractivity contribution in [3.05, 3.63) is 39.9 Å². The van der Waals surface area contributed by atoms with Gasteiger partial charge in [0.15, 0.2) is 0 Å². The van der Waals surface area contributed by atoms with E-state index in [9.17, 15) is 15.2 Å². The van der Waals surface area contributed by atoms with Crippen LogP contribution in [0.3, 0.4) is 0 Å². The van der Waals surface area contributed by atoms with E-state index < -0.39 is 0 Å². The van der Waals surface area contributed by atoms with Crippen molar-refractivity contribution in [3.8, 4) is 0 Å². The molecule has 1 aromatic carbocycles. The molecule has 0 aromatic heterocycles. The molecule has 0 bridgehead atoms. The Bertz CT molecular complexity index is 445. The van der Waals surface area contributed by atoms with E-state index in [0.29, 0.717) is 6.04 Å². The fourth-order valence-corrected chi connectivity index (χ4v) is 2.91. The summed E-state index contributed by atoms with van der Waals surface area (Å²) in [5, 5.41) is 20.1. The third-order valence-corrected chi connectivity index (χ3v) is 3.95. The normalized spacial score (nSPS) is 21.0. The van der Waals surface area contributed by atoms with E-state index in [1.165, 1.54) is 6.42 Å². The summed E-state index contributed by atoms with van der Waals surface area (Å²) < 4.78 is 0. The predicted molar refractivity (Wildman–Crippen MR) is 77.7 cm³/mol. The van der Waals surface area contributed by atoms with Gasteiger partial charge in [-0.3, -0.25) is 15.0 Å². The van der Waals surface area contributed by atoms with Gasteiger partial charge in [0.1, 0.15) is 0 Å². The third-order valence-electron chi connectivity index (χ3n) is 3.95. The lowest BCUT2D eigenvalue weighted by atomic mass is 10.1. The van der Waals surface area contributed by atoms with Crippen LogP contribution in [0.4, 0.5) is 5.69 Å². The van der Waals surface area contributed by atoms with Crippen LogP contribution in [0.2, 0.25) is 0 Å². The average molecular weight is 278 g/mol. The zero-order valence-corrected chi connectivity index (χ0v) is 11.9. The summed E-state index contributed by atoms with van der Waals surface area (Å²) in [5.41, 5.74) is 1.26. The molecule has 1 aliphatic heterocycles. The van der Waals surface area contributed by atoms with E-state index in [1.54, 1.807) is 12.1 Å². The van der Waals surface area contributed by atoms with E-state index in [2.05, 4.69) is 4.90 Å². The minimum atomic E-state index is -0.372. The van der Waals surface area contributed by atoms with Crippen LogP contribution in [0.5, 0.6) is 0 Å². The van der Waals surface area contributed by atoms with Crippen LogP contribution >= 0.6 is 0 Å². The summed E-state index contributed by atoms with van der Waals surface area (Å²) in [5.74, 6) is 0. The van der Waals surface area contributed by atoms with Gasteiger partial charge in [-0.25, -0.2) is 0 Å². The van der Waals surface area contributed by atoms with Crippen LogP contribution in [0.25, 0.3) is 0 Å². The SMILES string of the molecule is CC(O)CC1CCCN1CCc1ccc([N+](=O)[O-])cc1. The first-order chi connectivity index (χ1) is 9.56. The van der Waals surface area contributed by atoms with Crippen molar-refractivity contribution >= 4 is 5.69 Å². The number of hydrogen-bond donors (Lipinski definition) is 1. The van der Waals surface area contributed by atoms with Crippen molar-refractivity contribution in [2.24, 2.45) is 0 Å². The molecule has 1 aromatic rings. The number of rotatable bonds is 6. The number of nitrogens with zero attached hydrogens (tertiary/aromatic N) is 2. The van der Waals surface area contributed by atoms with Crippen molar-refractivity contribution in [3.63, 3.8) is 0 Å². The van der Waals surface area contributed by atoms with Gasteiger partial charge in [-0.05, 0) is 44.7 Å². The number of aliphatic hydroxyl groups excluding tert-OH is 1. The maximum Gasteiger partial charge on any atom is 0.269 e. The fraction of sp³-hybridized carbons (Fsp3) is 0.600. The molecule has 0 aliphatic carbocycles. The van der Waals surface area contributed by atoms with Gasteiger partial charge < -0.3 is 5.11 Å². The summed E-state index contributed by atoms with van der Waals surface area (Å²) in [6.45, 7) is 3.88. The van der Waals surface area contributed by atoms with Crippen LogP contribution in [0.15, 0.2) is 24.3 Å². The molecule has 1 N–H and O–H groups in total. The molecule has 5 heteroatoms. The first-order valence-corrected chi connectivity index (χ1v) is 7.21. The molecule has 110 valence electrons. The molecule has 0 amide bonds. The Kier molecular flexibility index (Phi) is 5.09. The molecule has 0 radical (unpaired) electrons. The molecule has 0 spiro atoms. The Balaban J connectivity index is 1.86. The monoisotopic (exact) mass is 278 g/mol. The maximum atomic E-state index is 10.6. The number of aliphatic hydroxyl groups is 1.